The van der Waals surface area contributed by atoms with Crippen molar-refractivity contribution < 1.29 is 4.79 Å². The van der Waals surface area contributed by atoms with Crippen LogP contribution in [0.15, 0.2) is 0 Å². The highest BCUT2D eigenvalue weighted by Crippen LogP contribution is 2.33. The number of carbonyl (C=O) groups is 1. The predicted octanol–water partition coefficient (Wildman–Crippen LogP) is 2.26. The summed E-state index contributed by atoms with van der Waals surface area (Å²) in [6.45, 7) is 2.23. The summed E-state index contributed by atoms with van der Waals surface area (Å²) in [5.41, 5.74) is 0. The van der Waals surface area contributed by atoms with Gasteiger partial charge in [-0.25, -0.2) is 0 Å². The molecule has 2 heterocycles. The summed E-state index contributed by atoms with van der Waals surface area (Å²) in [6.07, 6.45) is 9.85. The summed E-state index contributed by atoms with van der Waals surface area (Å²) in [5.74, 6) is 0.840. The second-order valence-electron chi connectivity index (χ2n) is 6.41. The van der Waals surface area contributed by atoms with Crippen LogP contribution in [0.5, 0.6) is 0 Å². The second-order valence-corrected chi connectivity index (χ2v) is 6.41. The van der Waals surface area contributed by atoms with Crippen LogP contribution in [0.25, 0.3) is 0 Å². The molecular formula is C15H26N2O. The Hall–Kier alpha value is -0.570. The van der Waals surface area contributed by atoms with Gasteiger partial charge in [0, 0.05) is 24.5 Å². The standard InChI is InChI=1S/C15H26N2O/c1-16-10-4-8-13(16)14-9-5-11-17(14)15(18)12-6-2-3-7-12/h12-14H,2-11H2,1H3/t13-,14-/m0/s1. The van der Waals surface area contributed by atoms with Crippen LogP contribution in [0.3, 0.4) is 0 Å². The van der Waals surface area contributed by atoms with E-state index in [1.165, 1.54) is 45.1 Å². The first-order valence-electron chi connectivity index (χ1n) is 7.78. The smallest absolute Gasteiger partial charge is 0.225 e. The number of nitrogens with zero attached hydrogens (tertiary/aromatic N) is 2. The molecule has 2 saturated heterocycles. The van der Waals surface area contributed by atoms with E-state index in [9.17, 15) is 4.79 Å². The molecule has 3 fully saturated rings. The van der Waals surface area contributed by atoms with E-state index >= 15 is 0 Å². The number of carbonyl (C=O) groups excluding carboxylic acids is 1. The van der Waals surface area contributed by atoms with Crippen molar-refractivity contribution in [3.63, 3.8) is 0 Å². The monoisotopic (exact) mass is 250 g/mol. The Bertz CT molecular complexity index is 312. The molecule has 0 spiro atoms. The highest BCUT2D eigenvalue weighted by atomic mass is 16.2. The molecule has 3 rings (SSSR count). The topological polar surface area (TPSA) is 23.6 Å². The van der Waals surface area contributed by atoms with E-state index in [-0.39, 0.29) is 0 Å². The summed E-state index contributed by atoms with van der Waals surface area (Å²) in [4.78, 5) is 17.4. The molecule has 2 aliphatic heterocycles. The maximum atomic E-state index is 12.6. The van der Waals surface area contributed by atoms with Gasteiger partial charge in [0.2, 0.25) is 5.91 Å². The molecule has 18 heavy (non-hydrogen) atoms. The molecule has 0 aromatic rings. The van der Waals surface area contributed by atoms with Crippen LogP contribution in [0, 0.1) is 5.92 Å². The van der Waals surface area contributed by atoms with Crippen molar-refractivity contribution in [2.24, 2.45) is 5.92 Å². The Kier molecular flexibility index (Phi) is 3.60. The van der Waals surface area contributed by atoms with E-state index in [4.69, 9.17) is 0 Å². The fraction of sp³-hybridized carbons (Fsp3) is 0.933. The number of hydrogen-bond donors (Lipinski definition) is 0. The average molecular weight is 250 g/mol. The van der Waals surface area contributed by atoms with Crippen molar-refractivity contribution in [3.8, 4) is 0 Å². The van der Waals surface area contributed by atoms with E-state index in [0.29, 0.717) is 23.9 Å². The summed E-state index contributed by atoms with van der Waals surface area (Å²) in [7, 11) is 2.23. The van der Waals surface area contributed by atoms with Crippen LogP contribution < -0.4 is 0 Å². The van der Waals surface area contributed by atoms with Gasteiger partial charge in [-0.2, -0.15) is 0 Å². The predicted molar refractivity (Wildman–Crippen MR) is 72.3 cm³/mol. The molecule has 1 aliphatic carbocycles. The number of likely N-dealkylation sites (tertiary alicyclic amines) is 2. The Morgan fingerprint density at radius 3 is 2.22 bits per heavy atom. The number of likely N-dealkylation sites (N-methyl/N-ethyl adjacent to an activating group) is 1. The van der Waals surface area contributed by atoms with Crippen molar-refractivity contribution in [2.75, 3.05) is 20.1 Å². The molecule has 0 aromatic heterocycles. The van der Waals surface area contributed by atoms with Gasteiger partial charge in [-0.3, -0.25) is 4.79 Å². The van der Waals surface area contributed by atoms with Crippen LogP contribution in [-0.4, -0.2) is 47.9 Å². The van der Waals surface area contributed by atoms with E-state index in [0.717, 1.165) is 19.4 Å². The lowest BCUT2D eigenvalue weighted by Crippen LogP contribution is -2.48. The lowest BCUT2D eigenvalue weighted by atomic mass is 10.0. The van der Waals surface area contributed by atoms with Crippen LogP contribution in [0.1, 0.15) is 51.4 Å². The minimum atomic E-state index is 0.359. The lowest BCUT2D eigenvalue weighted by molar-refractivity contribution is -0.137. The van der Waals surface area contributed by atoms with E-state index in [1.54, 1.807) is 0 Å². The van der Waals surface area contributed by atoms with Gasteiger partial charge in [0.1, 0.15) is 0 Å². The van der Waals surface area contributed by atoms with Crippen molar-refractivity contribution in [3.05, 3.63) is 0 Å². The van der Waals surface area contributed by atoms with E-state index < -0.39 is 0 Å². The van der Waals surface area contributed by atoms with Crippen LogP contribution >= 0.6 is 0 Å². The average Bonchev–Trinajstić information content (AvgIpc) is 3.09. The zero-order valence-electron chi connectivity index (χ0n) is 11.6. The van der Waals surface area contributed by atoms with Gasteiger partial charge in [0.15, 0.2) is 0 Å². The Balaban J connectivity index is 1.68. The molecule has 0 unspecified atom stereocenters. The fourth-order valence-electron chi connectivity index (χ4n) is 4.30. The minimum absolute atomic E-state index is 0.359. The third-order valence-electron chi connectivity index (χ3n) is 5.31. The van der Waals surface area contributed by atoms with Crippen molar-refractivity contribution in [2.45, 2.75) is 63.5 Å². The summed E-state index contributed by atoms with van der Waals surface area (Å²) in [5, 5.41) is 0. The molecule has 0 bridgehead atoms. The first-order valence-corrected chi connectivity index (χ1v) is 7.78. The SMILES string of the molecule is CN1CCC[C@H]1[C@@H]1CCCN1C(=O)C1CCCC1. The van der Waals surface area contributed by atoms with Gasteiger partial charge in [0.05, 0.1) is 0 Å². The van der Waals surface area contributed by atoms with Crippen molar-refractivity contribution >= 4 is 5.91 Å². The van der Waals surface area contributed by atoms with Crippen LogP contribution in [-0.2, 0) is 4.79 Å². The van der Waals surface area contributed by atoms with Gasteiger partial charge >= 0.3 is 0 Å². The van der Waals surface area contributed by atoms with Crippen LogP contribution in [0.4, 0.5) is 0 Å². The molecular weight excluding hydrogens is 224 g/mol. The van der Waals surface area contributed by atoms with Crippen molar-refractivity contribution in [1.29, 1.82) is 0 Å². The van der Waals surface area contributed by atoms with Gasteiger partial charge < -0.3 is 9.80 Å². The molecule has 1 saturated carbocycles. The fourth-order valence-corrected chi connectivity index (χ4v) is 4.30. The second kappa shape index (κ2) is 5.20. The Morgan fingerprint density at radius 2 is 1.56 bits per heavy atom. The molecule has 2 atom stereocenters. The molecule has 0 aromatic carbocycles. The maximum absolute atomic E-state index is 12.6. The van der Waals surface area contributed by atoms with Crippen molar-refractivity contribution in [1.82, 2.24) is 9.80 Å². The van der Waals surface area contributed by atoms with Gasteiger partial charge in [-0.15, -0.1) is 0 Å². The molecule has 1 amide bonds. The quantitative estimate of drug-likeness (QED) is 0.750. The lowest BCUT2D eigenvalue weighted by Gasteiger charge is -2.34. The normalized spacial score (nSPS) is 34.6. The molecule has 0 N–H and O–H groups in total. The molecule has 3 nitrogen and oxygen atoms in total. The third-order valence-corrected chi connectivity index (χ3v) is 5.31. The largest absolute Gasteiger partial charge is 0.338 e. The van der Waals surface area contributed by atoms with Gasteiger partial charge in [-0.1, -0.05) is 12.8 Å². The Labute approximate surface area is 111 Å². The summed E-state index contributed by atoms with van der Waals surface area (Å²) >= 11 is 0. The zero-order chi connectivity index (χ0) is 12.5. The highest BCUT2D eigenvalue weighted by molar-refractivity contribution is 5.79. The summed E-state index contributed by atoms with van der Waals surface area (Å²) in [6, 6.07) is 1.16. The first kappa shape index (κ1) is 12.5. The van der Waals surface area contributed by atoms with Gasteiger partial charge in [-0.05, 0) is 52.1 Å². The number of amides is 1. The Morgan fingerprint density at radius 1 is 0.889 bits per heavy atom. The molecule has 102 valence electrons. The minimum Gasteiger partial charge on any atom is -0.338 e. The molecule has 3 heteroatoms. The number of hydrogen-bond acceptors (Lipinski definition) is 2. The maximum Gasteiger partial charge on any atom is 0.225 e. The summed E-state index contributed by atoms with van der Waals surface area (Å²) < 4.78 is 0. The third kappa shape index (κ3) is 2.18. The zero-order valence-corrected chi connectivity index (χ0v) is 11.6. The molecule has 3 aliphatic rings. The number of rotatable bonds is 2. The van der Waals surface area contributed by atoms with E-state index in [1.807, 2.05) is 0 Å². The van der Waals surface area contributed by atoms with Gasteiger partial charge in [0.25, 0.3) is 0 Å². The van der Waals surface area contributed by atoms with Crippen LogP contribution in [0.2, 0.25) is 0 Å². The molecule has 0 radical (unpaired) electrons. The highest BCUT2D eigenvalue weighted by Gasteiger charge is 2.40. The van der Waals surface area contributed by atoms with E-state index in [2.05, 4.69) is 16.8 Å². The first-order chi connectivity index (χ1) is 8.77.